The van der Waals surface area contributed by atoms with Gasteiger partial charge in [-0.05, 0) is 36.2 Å². The largest absolute Gasteiger partial charge is 0.494 e. The number of aromatic nitrogens is 1. The van der Waals surface area contributed by atoms with Gasteiger partial charge in [0, 0.05) is 5.38 Å². The summed E-state index contributed by atoms with van der Waals surface area (Å²) in [5, 5.41) is 6.17. The van der Waals surface area contributed by atoms with Crippen molar-refractivity contribution in [2.75, 3.05) is 12.3 Å². The molecule has 134 valence electrons. The fourth-order valence-electron chi connectivity index (χ4n) is 2.16. The maximum atomic E-state index is 11.7. The summed E-state index contributed by atoms with van der Waals surface area (Å²) in [7, 11) is 0. The first kappa shape index (κ1) is 18.9. The van der Waals surface area contributed by atoms with Crippen molar-refractivity contribution in [3.05, 3.63) is 40.9 Å². The number of hydrogen-bond donors (Lipinski definition) is 2. The molecule has 1 amide bonds. The number of carbonyl (C=O) groups excluding carboxylic acids is 1. The lowest BCUT2D eigenvalue weighted by Crippen LogP contribution is -2.19. The van der Waals surface area contributed by atoms with Gasteiger partial charge in [-0.1, -0.05) is 26.2 Å². The average Bonchev–Trinajstić information content (AvgIpc) is 3.01. The van der Waals surface area contributed by atoms with E-state index in [4.69, 9.17) is 10.5 Å². The molecule has 0 saturated heterocycles. The van der Waals surface area contributed by atoms with Crippen LogP contribution >= 0.6 is 11.3 Å². The van der Waals surface area contributed by atoms with Crippen LogP contribution in [0.2, 0.25) is 0 Å². The van der Waals surface area contributed by atoms with Crippen molar-refractivity contribution >= 4 is 28.6 Å². The molecule has 1 aromatic heterocycles. The van der Waals surface area contributed by atoms with Crippen LogP contribution in [-0.2, 0) is 11.2 Å². The monoisotopic (exact) mass is 360 g/mol. The van der Waals surface area contributed by atoms with Crippen molar-refractivity contribution in [3.8, 4) is 5.75 Å². The molecule has 0 bridgehead atoms. The molecule has 7 heteroatoms. The van der Waals surface area contributed by atoms with E-state index in [2.05, 4.69) is 22.4 Å². The van der Waals surface area contributed by atoms with Gasteiger partial charge in [0.15, 0.2) is 5.13 Å². The molecular weight excluding hydrogens is 336 g/mol. The molecule has 0 radical (unpaired) electrons. The molecular formula is C18H24N4O2S. The highest BCUT2D eigenvalue weighted by Gasteiger charge is 2.05. The lowest BCUT2D eigenvalue weighted by Gasteiger charge is -2.05. The van der Waals surface area contributed by atoms with Gasteiger partial charge in [0.2, 0.25) is 5.91 Å². The van der Waals surface area contributed by atoms with Gasteiger partial charge in [0.1, 0.15) is 5.75 Å². The highest BCUT2D eigenvalue weighted by Crippen LogP contribution is 2.12. The zero-order valence-corrected chi connectivity index (χ0v) is 15.2. The van der Waals surface area contributed by atoms with Gasteiger partial charge in [0.25, 0.3) is 0 Å². The number of benzene rings is 1. The molecule has 0 atom stereocenters. The van der Waals surface area contributed by atoms with Gasteiger partial charge < -0.3 is 10.5 Å². The molecule has 0 aliphatic rings. The van der Waals surface area contributed by atoms with Gasteiger partial charge in [-0.2, -0.15) is 5.10 Å². The van der Waals surface area contributed by atoms with Crippen LogP contribution in [0, 0.1) is 0 Å². The van der Waals surface area contributed by atoms with E-state index in [-0.39, 0.29) is 12.3 Å². The normalized spacial score (nSPS) is 10.9. The number of ether oxygens (including phenoxy) is 1. The number of nitrogen functional groups attached to an aromatic ring is 1. The third kappa shape index (κ3) is 7.34. The molecule has 2 rings (SSSR count). The van der Waals surface area contributed by atoms with Gasteiger partial charge in [-0.3, -0.25) is 4.79 Å². The Labute approximate surface area is 152 Å². The minimum absolute atomic E-state index is 0.163. The molecule has 0 spiro atoms. The number of hydrogen-bond acceptors (Lipinski definition) is 6. The Kier molecular flexibility index (Phi) is 7.91. The zero-order chi connectivity index (χ0) is 17.9. The highest BCUT2D eigenvalue weighted by molar-refractivity contribution is 7.13. The van der Waals surface area contributed by atoms with E-state index in [1.165, 1.54) is 30.6 Å². The van der Waals surface area contributed by atoms with Gasteiger partial charge in [0.05, 0.1) is 24.9 Å². The summed E-state index contributed by atoms with van der Waals surface area (Å²) in [5.74, 6) is 0.618. The number of amides is 1. The van der Waals surface area contributed by atoms with Crippen LogP contribution in [-0.4, -0.2) is 23.7 Å². The fourth-order valence-corrected chi connectivity index (χ4v) is 2.72. The second-order valence-electron chi connectivity index (χ2n) is 5.63. The first-order chi connectivity index (χ1) is 12.2. The van der Waals surface area contributed by atoms with E-state index in [0.29, 0.717) is 10.8 Å². The molecule has 6 nitrogen and oxygen atoms in total. The van der Waals surface area contributed by atoms with Crippen molar-refractivity contribution < 1.29 is 9.53 Å². The average molecular weight is 360 g/mol. The Balaban J connectivity index is 1.70. The van der Waals surface area contributed by atoms with E-state index in [1.54, 1.807) is 11.6 Å². The minimum Gasteiger partial charge on any atom is -0.494 e. The smallest absolute Gasteiger partial charge is 0.246 e. The number of nitrogens with two attached hydrogens (primary N) is 1. The Bertz CT molecular complexity index is 683. The Morgan fingerprint density at radius 3 is 2.80 bits per heavy atom. The summed E-state index contributed by atoms with van der Waals surface area (Å²) >= 11 is 1.31. The number of anilines is 1. The number of thiazole rings is 1. The third-order valence-corrected chi connectivity index (χ3v) is 4.18. The van der Waals surface area contributed by atoms with Crippen LogP contribution in [0.15, 0.2) is 34.7 Å². The van der Waals surface area contributed by atoms with E-state index >= 15 is 0 Å². The predicted octanol–water partition coefficient (Wildman–Crippen LogP) is 3.38. The maximum absolute atomic E-state index is 11.7. The topological polar surface area (TPSA) is 89.6 Å². The number of nitrogens with zero attached hydrogens (tertiary/aromatic N) is 2. The van der Waals surface area contributed by atoms with Crippen LogP contribution in [0.25, 0.3) is 0 Å². The van der Waals surface area contributed by atoms with E-state index in [0.717, 1.165) is 24.3 Å². The van der Waals surface area contributed by atoms with Crippen LogP contribution in [0.1, 0.15) is 43.9 Å². The van der Waals surface area contributed by atoms with Crippen molar-refractivity contribution in [1.82, 2.24) is 10.4 Å². The molecule has 1 aromatic carbocycles. The molecule has 1 heterocycles. The van der Waals surface area contributed by atoms with Crippen molar-refractivity contribution in [3.63, 3.8) is 0 Å². The summed E-state index contributed by atoms with van der Waals surface area (Å²) in [6, 6.07) is 7.61. The highest BCUT2D eigenvalue weighted by atomic mass is 32.1. The Hall–Kier alpha value is -2.41. The lowest BCUT2D eigenvalue weighted by atomic mass is 10.2. The number of carbonyl (C=O) groups is 1. The summed E-state index contributed by atoms with van der Waals surface area (Å²) in [4.78, 5) is 15.8. The molecule has 3 N–H and O–H groups in total. The minimum atomic E-state index is -0.228. The second kappa shape index (κ2) is 10.5. The standard InChI is InChI=1S/C18H24N4O2S/c1-2-3-4-5-10-24-16-8-6-14(7-9-16)12-20-22-17(23)11-15-13-25-18(19)21-15/h6-9,12-13H,2-5,10-11H2,1H3,(H2,19,21)(H,22,23)/b20-12+. The number of rotatable bonds is 10. The van der Waals surface area contributed by atoms with Crippen LogP contribution < -0.4 is 15.9 Å². The lowest BCUT2D eigenvalue weighted by molar-refractivity contribution is -0.120. The number of hydrazone groups is 1. The molecule has 0 fully saturated rings. The van der Waals surface area contributed by atoms with Crippen LogP contribution in [0.4, 0.5) is 5.13 Å². The first-order valence-electron chi connectivity index (χ1n) is 8.42. The molecule has 0 unspecified atom stereocenters. The van der Waals surface area contributed by atoms with Crippen molar-refractivity contribution in [2.24, 2.45) is 5.10 Å². The number of unbranched alkanes of at least 4 members (excludes halogenated alkanes) is 3. The van der Waals surface area contributed by atoms with Gasteiger partial charge >= 0.3 is 0 Å². The van der Waals surface area contributed by atoms with Gasteiger partial charge in [-0.15, -0.1) is 11.3 Å². The predicted molar refractivity (Wildman–Crippen MR) is 102 cm³/mol. The summed E-state index contributed by atoms with van der Waals surface area (Å²) in [5.41, 5.74) is 9.55. The van der Waals surface area contributed by atoms with Crippen LogP contribution in [0.5, 0.6) is 5.75 Å². The van der Waals surface area contributed by atoms with Crippen LogP contribution in [0.3, 0.4) is 0 Å². The maximum Gasteiger partial charge on any atom is 0.246 e. The SMILES string of the molecule is CCCCCCOc1ccc(/C=N/NC(=O)Cc2csc(N)n2)cc1. The second-order valence-corrected chi connectivity index (χ2v) is 6.51. The van der Waals surface area contributed by atoms with Gasteiger partial charge in [-0.25, -0.2) is 10.4 Å². The number of nitrogens with one attached hydrogen (secondary N) is 1. The Morgan fingerprint density at radius 2 is 2.12 bits per heavy atom. The van der Waals surface area contributed by atoms with E-state index < -0.39 is 0 Å². The zero-order valence-electron chi connectivity index (χ0n) is 14.4. The summed E-state index contributed by atoms with van der Waals surface area (Å²) in [6.45, 7) is 2.93. The molecule has 2 aromatic rings. The molecule has 0 saturated carbocycles. The summed E-state index contributed by atoms with van der Waals surface area (Å²) < 4.78 is 5.69. The Morgan fingerprint density at radius 1 is 1.32 bits per heavy atom. The van der Waals surface area contributed by atoms with Crippen molar-refractivity contribution in [2.45, 2.75) is 39.0 Å². The van der Waals surface area contributed by atoms with E-state index in [9.17, 15) is 4.79 Å². The quantitative estimate of drug-likeness (QED) is 0.386. The third-order valence-electron chi connectivity index (χ3n) is 3.46. The summed E-state index contributed by atoms with van der Waals surface area (Å²) in [6.07, 6.45) is 6.51. The fraction of sp³-hybridized carbons (Fsp3) is 0.389. The van der Waals surface area contributed by atoms with Crippen molar-refractivity contribution in [1.29, 1.82) is 0 Å². The molecule has 0 aliphatic heterocycles. The molecule has 0 aliphatic carbocycles. The molecule has 25 heavy (non-hydrogen) atoms. The first-order valence-corrected chi connectivity index (χ1v) is 9.30. The van der Waals surface area contributed by atoms with E-state index in [1.807, 2.05) is 24.3 Å².